The number of carbonyl (C=O) groups excluding carboxylic acids is 2. The largest absolute Gasteiger partial charge is 0.497 e. The Morgan fingerprint density at radius 2 is 1.71 bits per heavy atom. The van der Waals surface area contributed by atoms with Gasteiger partial charge in [-0.2, -0.15) is 0 Å². The van der Waals surface area contributed by atoms with Crippen molar-refractivity contribution in [2.45, 2.75) is 19.5 Å². The van der Waals surface area contributed by atoms with Gasteiger partial charge in [0.15, 0.2) is 11.5 Å². The van der Waals surface area contributed by atoms with E-state index in [1.54, 1.807) is 31.2 Å². The highest BCUT2D eigenvalue weighted by Gasteiger charge is 2.18. The predicted molar refractivity (Wildman–Crippen MR) is 101 cm³/mol. The fourth-order valence-corrected chi connectivity index (χ4v) is 2.68. The van der Waals surface area contributed by atoms with Crippen LogP contribution in [0, 0.1) is 0 Å². The third-order valence-electron chi connectivity index (χ3n) is 4.26. The van der Waals surface area contributed by atoms with Gasteiger partial charge in [-0.05, 0) is 36.8 Å². The van der Waals surface area contributed by atoms with Crippen molar-refractivity contribution in [3.63, 3.8) is 0 Å². The first-order valence-corrected chi connectivity index (χ1v) is 8.70. The number of rotatable bonds is 7. The van der Waals surface area contributed by atoms with Crippen molar-refractivity contribution in [1.82, 2.24) is 10.6 Å². The van der Waals surface area contributed by atoms with Gasteiger partial charge in [-0.1, -0.05) is 6.07 Å². The molecule has 2 aromatic carbocycles. The highest BCUT2D eigenvalue weighted by Crippen LogP contribution is 2.32. The quantitative estimate of drug-likeness (QED) is 0.754. The lowest BCUT2D eigenvalue weighted by Gasteiger charge is -2.15. The molecule has 3 rings (SSSR count). The zero-order chi connectivity index (χ0) is 20.1. The molecule has 148 valence electrons. The minimum Gasteiger partial charge on any atom is -0.497 e. The summed E-state index contributed by atoms with van der Waals surface area (Å²) >= 11 is 0. The normalized spacial score (nSPS) is 12.8. The van der Waals surface area contributed by atoms with Crippen LogP contribution in [-0.2, 0) is 11.3 Å². The van der Waals surface area contributed by atoms with Crippen LogP contribution in [0.5, 0.6) is 23.0 Å². The SMILES string of the molecule is COc1cc(OC)cc(C(=O)N[C@@H](C)C(=O)NCc2ccc3c(c2)OCO3)c1. The Labute approximate surface area is 162 Å². The lowest BCUT2D eigenvalue weighted by atomic mass is 10.1. The third kappa shape index (κ3) is 4.46. The Hall–Kier alpha value is -3.42. The van der Waals surface area contributed by atoms with Crippen LogP contribution in [0.25, 0.3) is 0 Å². The number of hydrogen-bond donors (Lipinski definition) is 2. The topological polar surface area (TPSA) is 95.1 Å². The van der Waals surface area contributed by atoms with Gasteiger partial charge in [-0.15, -0.1) is 0 Å². The number of nitrogens with one attached hydrogen (secondary N) is 2. The van der Waals surface area contributed by atoms with E-state index < -0.39 is 11.9 Å². The lowest BCUT2D eigenvalue weighted by Crippen LogP contribution is -2.44. The summed E-state index contributed by atoms with van der Waals surface area (Å²) in [5.74, 6) is 1.61. The van der Waals surface area contributed by atoms with Gasteiger partial charge in [0.25, 0.3) is 5.91 Å². The maximum atomic E-state index is 12.5. The molecule has 0 radical (unpaired) electrons. The van der Waals surface area contributed by atoms with E-state index in [0.717, 1.165) is 5.56 Å². The van der Waals surface area contributed by atoms with Gasteiger partial charge < -0.3 is 29.6 Å². The Bertz CT molecular complexity index is 861. The van der Waals surface area contributed by atoms with E-state index in [9.17, 15) is 9.59 Å². The maximum Gasteiger partial charge on any atom is 0.252 e. The Balaban J connectivity index is 1.57. The molecule has 1 aliphatic heterocycles. The molecule has 1 aliphatic rings. The molecule has 0 unspecified atom stereocenters. The molecule has 0 aliphatic carbocycles. The van der Waals surface area contributed by atoms with Crippen molar-refractivity contribution < 1.29 is 28.5 Å². The third-order valence-corrected chi connectivity index (χ3v) is 4.26. The fraction of sp³-hybridized carbons (Fsp3) is 0.300. The summed E-state index contributed by atoms with van der Waals surface area (Å²) in [6, 6.07) is 9.56. The van der Waals surface area contributed by atoms with Crippen LogP contribution in [0.2, 0.25) is 0 Å². The van der Waals surface area contributed by atoms with E-state index in [1.807, 2.05) is 12.1 Å². The van der Waals surface area contributed by atoms with Crippen LogP contribution in [0.3, 0.4) is 0 Å². The lowest BCUT2D eigenvalue weighted by molar-refractivity contribution is -0.122. The molecular weight excluding hydrogens is 364 g/mol. The molecule has 0 aromatic heterocycles. The number of amides is 2. The molecule has 2 N–H and O–H groups in total. The summed E-state index contributed by atoms with van der Waals surface area (Å²) in [6.07, 6.45) is 0. The first-order chi connectivity index (χ1) is 13.5. The van der Waals surface area contributed by atoms with Crippen LogP contribution in [0.15, 0.2) is 36.4 Å². The van der Waals surface area contributed by atoms with E-state index >= 15 is 0 Å². The van der Waals surface area contributed by atoms with E-state index in [-0.39, 0.29) is 12.7 Å². The number of methoxy groups -OCH3 is 2. The molecule has 8 nitrogen and oxygen atoms in total. The van der Waals surface area contributed by atoms with Crippen molar-refractivity contribution in [3.05, 3.63) is 47.5 Å². The van der Waals surface area contributed by atoms with Gasteiger partial charge in [-0.3, -0.25) is 9.59 Å². The van der Waals surface area contributed by atoms with E-state index in [0.29, 0.717) is 35.1 Å². The van der Waals surface area contributed by atoms with Crippen LogP contribution >= 0.6 is 0 Å². The highest BCUT2D eigenvalue weighted by molar-refractivity contribution is 5.98. The standard InChI is InChI=1S/C20H22N2O6/c1-12(22-20(24)14-7-15(25-2)9-16(8-14)26-3)19(23)21-10-13-4-5-17-18(6-13)28-11-27-17/h4-9,12H,10-11H2,1-3H3,(H,21,23)(H,22,24)/t12-/m0/s1. The van der Waals surface area contributed by atoms with Gasteiger partial charge >= 0.3 is 0 Å². The first-order valence-electron chi connectivity index (χ1n) is 8.70. The minimum atomic E-state index is -0.723. The zero-order valence-corrected chi connectivity index (χ0v) is 15.9. The average molecular weight is 386 g/mol. The minimum absolute atomic E-state index is 0.198. The van der Waals surface area contributed by atoms with Gasteiger partial charge in [0.2, 0.25) is 12.7 Å². The highest BCUT2D eigenvalue weighted by atomic mass is 16.7. The van der Waals surface area contributed by atoms with E-state index in [4.69, 9.17) is 18.9 Å². The van der Waals surface area contributed by atoms with Crippen LogP contribution in [0.4, 0.5) is 0 Å². The van der Waals surface area contributed by atoms with Crippen LogP contribution in [-0.4, -0.2) is 38.9 Å². The second kappa shape index (κ2) is 8.51. The molecule has 0 saturated carbocycles. The Morgan fingerprint density at radius 1 is 1.04 bits per heavy atom. The number of carbonyl (C=O) groups is 2. The summed E-state index contributed by atoms with van der Waals surface area (Å²) in [5, 5.41) is 5.46. The molecule has 0 saturated heterocycles. The number of fused-ring (bicyclic) bond motifs is 1. The Kier molecular flexibility index (Phi) is 5.88. The summed E-state index contributed by atoms with van der Waals surface area (Å²) in [7, 11) is 3.01. The van der Waals surface area contributed by atoms with Gasteiger partial charge in [-0.25, -0.2) is 0 Å². The zero-order valence-electron chi connectivity index (χ0n) is 15.9. The van der Waals surface area contributed by atoms with Gasteiger partial charge in [0, 0.05) is 18.2 Å². The smallest absolute Gasteiger partial charge is 0.252 e. The van der Waals surface area contributed by atoms with Crippen molar-refractivity contribution in [2.24, 2.45) is 0 Å². The molecule has 0 spiro atoms. The van der Waals surface area contributed by atoms with Crippen molar-refractivity contribution in [3.8, 4) is 23.0 Å². The molecule has 8 heteroatoms. The molecule has 0 bridgehead atoms. The maximum absolute atomic E-state index is 12.5. The van der Waals surface area contributed by atoms with Crippen LogP contribution < -0.4 is 29.6 Å². The summed E-state index contributed by atoms with van der Waals surface area (Å²) in [4.78, 5) is 24.8. The van der Waals surface area contributed by atoms with Crippen molar-refractivity contribution in [2.75, 3.05) is 21.0 Å². The fourth-order valence-electron chi connectivity index (χ4n) is 2.68. The predicted octanol–water partition coefficient (Wildman–Crippen LogP) is 1.87. The molecular formula is C20H22N2O6. The Morgan fingerprint density at radius 3 is 2.39 bits per heavy atom. The van der Waals surface area contributed by atoms with Gasteiger partial charge in [0.1, 0.15) is 17.5 Å². The first kappa shape index (κ1) is 19.3. The molecule has 1 heterocycles. The van der Waals surface area contributed by atoms with E-state index in [1.165, 1.54) is 14.2 Å². The van der Waals surface area contributed by atoms with Crippen molar-refractivity contribution in [1.29, 1.82) is 0 Å². The second-order valence-corrected chi connectivity index (χ2v) is 6.20. The molecule has 28 heavy (non-hydrogen) atoms. The molecule has 2 amide bonds. The molecule has 0 fully saturated rings. The number of benzene rings is 2. The summed E-state index contributed by atoms with van der Waals surface area (Å²) in [6.45, 7) is 2.12. The monoisotopic (exact) mass is 386 g/mol. The van der Waals surface area contributed by atoms with Gasteiger partial charge in [0.05, 0.1) is 14.2 Å². The number of hydrogen-bond acceptors (Lipinski definition) is 6. The summed E-state index contributed by atoms with van der Waals surface area (Å²) < 4.78 is 20.9. The summed E-state index contributed by atoms with van der Waals surface area (Å²) in [5.41, 5.74) is 1.21. The average Bonchev–Trinajstić information content (AvgIpc) is 3.19. The van der Waals surface area contributed by atoms with E-state index in [2.05, 4.69) is 10.6 Å². The number of ether oxygens (including phenoxy) is 4. The second-order valence-electron chi connectivity index (χ2n) is 6.20. The van der Waals surface area contributed by atoms with Crippen molar-refractivity contribution >= 4 is 11.8 Å². The molecule has 1 atom stereocenters. The van der Waals surface area contributed by atoms with Crippen LogP contribution in [0.1, 0.15) is 22.8 Å². The molecule has 2 aromatic rings.